The molecule has 0 aromatic carbocycles. The average Bonchev–Trinajstić information content (AvgIpc) is 2.53. The number of unbranched alkanes of at least 4 members (excludes halogenated alkanes) is 3. The lowest BCUT2D eigenvalue weighted by Gasteiger charge is -2.09. The van der Waals surface area contributed by atoms with E-state index in [0.29, 0.717) is 0 Å². The van der Waals surface area contributed by atoms with E-state index in [1.165, 1.54) is 23.8 Å². The molecule has 0 spiro atoms. The molecule has 0 aliphatic rings. The number of rotatable bonds is 6. The fraction of sp³-hybridized carbons (Fsp3) is 0.800. The topological polar surface area (TPSA) is 39.1 Å². The van der Waals surface area contributed by atoms with E-state index in [-0.39, 0.29) is 15.8 Å². The summed E-state index contributed by atoms with van der Waals surface area (Å²) in [6, 6.07) is 0.0596. The molecule has 0 fully saturated rings. The standard InChI is InChI=1S/C10H17NO2S2/c1-3-4-5-6-7-8(2)11-9(12)14-15-10(11)13/h8H,3-7H2,1-2H3/t8-/m0/s1. The van der Waals surface area contributed by atoms with Crippen molar-refractivity contribution in [3.8, 4) is 0 Å². The third-order valence-corrected chi connectivity index (χ3v) is 4.36. The van der Waals surface area contributed by atoms with E-state index in [2.05, 4.69) is 6.92 Å². The van der Waals surface area contributed by atoms with E-state index in [0.717, 1.165) is 33.5 Å². The summed E-state index contributed by atoms with van der Waals surface area (Å²) in [5, 5.41) is 0. The lowest BCUT2D eigenvalue weighted by atomic mass is 10.1. The molecule has 3 nitrogen and oxygen atoms in total. The molecule has 0 aliphatic heterocycles. The van der Waals surface area contributed by atoms with Gasteiger partial charge in [0.2, 0.25) is 0 Å². The van der Waals surface area contributed by atoms with Crippen LogP contribution in [-0.4, -0.2) is 4.57 Å². The summed E-state index contributed by atoms with van der Waals surface area (Å²) in [4.78, 5) is 22.5. The van der Waals surface area contributed by atoms with Gasteiger partial charge in [-0.25, -0.2) is 0 Å². The highest BCUT2D eigenvalue weighted by Crippen LogP contribution is 2.13. The second-order valence-electron chi connectivity index (χ2n) is 3.77. The molecule has 0 aliphatic carbocycles. The summed E-state index contributed by atoms with van der Waals surface area (Å²) in [6.07, 6.45) is 5.66. The molecule has 1 aromatic rings. The molecule has 0 N–H and O–H groups in total. The molecule has 1 rings (SSSR count). The van der Waals surface area contributed by atoms with Gasteiger partial charge in [0.15, 0.2) is 0 Å². The number of hydrogen-bond donors (Lipinski definition) is 0. The fourth-order valence-corrected chi connectivity index (χ4v) is 3.38. The Hall–Kier alpha value is -0.420. The van der Waals surface area contributed by atoms with Crippen LogP contribution in [0.15, 0.2) is 9.59 Å². The maximum atomic E-state index is 11.4. The van der Waals surface area contributed by atoms with Gasteiger partial charge in [-0.1, -0.05) is 32.6 Å². The molecule has 1 heterocycles. The van der Waals surface area contributed by atoms with Gasteiger partial charge >= 0.3 is 9.75 Å². The van der Waals surface area contributed by atoms with Crippen LogP contribution < -0.4 is 9.75 Å². The molecule has 0 saturated carbocycles. The van der Waals surface area contributed by atoms with Crippen LogP contribution in [0, 0.1) is 0 Å². The molecule has 5 heteroatoms. The molecule has 15 heavy (non-hydrogen) atoms. The van der Waals surface area contributed by atoms with Gasteiger partial charge in [-0.05, 0) is 34.0 Å². The Labute approximate surface area is 96.8 Å². The van der Waals surface area contributed by atoms with Crippen molar-refractivity contribution in [2.45, 2.75) is 52.0 Å². The van der Waals surface area contributed by atoms with Gasteiger partial charge < -0.3 is 0 Å². The van der Waals surface area contributed by atoms with Crippen LogP contribution in [0.4, 0.5) is 0 Å². The summed E-state index contributed by atoms with van der Waals surface area (Å²) in [7, 11) is 2.08. The zero-order valence-electron chi connectivity index (χ0n) is 9.19. The largest absolute Gasteiger partial charge is 0.320 e. The quantitative estimate of drug-likeness (QED) is 0.573. The average molecular weight is 247 g/mol. The first kappa shape index (κ1) is 12.6. The molecular formula is C10H17NO2S2. The minimum absolute atomic E-state index is 0.0596. The first-order valence-corrected chi connectivity index (χ1v) is 7.53. The molecule has 0 amide bonds. The van der Waals surface area contributed by atoms with Crippen LogP contribution in [0.25, 0.3) is 0 Å². The molecule has 0 unspecified atom stereocenters. The number of hydrogen-bond acceptors (Lipinski definition) is 4. The van der Waals surface area contributed by atoms with Crippen molar-refractivity contribution < 1.29 is 0 Å². The third kappa shape index (κ3) is 3.57. The maximum absolute atomic E-state index is 11.4. The first-order chi connectivity index (χ1) is 7.16. The lowest BCUT2D eigenvalue weighted by Crippen LogP contribution is -2.27. The zero-order valence-corrected chi connectivity index (χ0v) is 10.8. The van der Waals surface area contributed by atoms with Crippen LogP contribution >= 0.6 is 20.7 Å². The highest BCUT2D eigenvalue weighted by Gasteiger charge is 2.11. The molecular weight excluding hydrogens is 230 g/mol. The van der Waals surface area contributed by atoms with Gasteiger partial charge in [-0.3, -0.25) is 14.2 Å². The Morgan fingerprint density at radius 3 is 2.27 bits per heavy atom. The molecule has 86 valence electrons. The predicted molar refractivity (Wildman–Crippen MR) is 66.2 cm³/mol. The van der Waals surface area contributed by atoms with Crippen LogP contribution in [0.5, 0.6) is 0 Å². The van der Waals surface area contributed by atoms with Gasteiger partial charge in [0.1, 0.15) is 0 Å². The molecule has 0 bridgehead atoms. The van der Waals surface area contributed by atoms with E-state index in [1.807, 2.05) is 6.92 Å². The van der Waals surface area contributed by atoms with Crippen LogP contribution in [0.1, 0.15) is 52.0 Å². The predicted octanol–water partition coefficient (Wildman–Crippen LogP) is 2.86. The smallest absolute Gasteiger partial charge is 0.256 e. The zero-order chi connectivity index (χ0) is 11.3. The van der Waals surface area contributed by atoms with Gasteiger partial charge in [-0.2, -0.15) is 0 Å². The summed E-state index contributed by atoms with van der Waals surface area (Å²) in [6.45, 7) is 4.12. The fourth-order valence-electron chi connectivity index (χ4n) is 1.58. The molecule has 1 aromatic heterocycles. The Kier molecular flexibility index (Phi) is 5.25. The van der Waals surface area contributed by atoms with Crippen LogP contribution in [0.2, 0.25) is 0 Å². The van der Waals surface area contributed by atoms with E-state index in [1.54, 1.807) is 0 Å². The van der Waals surface area contributed by atoms with E-state index in [4.69, 9.17) is 0 Å². The summed E-state index contributed by atoms with van der Waals surface area (Å²) in [5.41, 5.74) is 0. The van der Waals surface area contributed by atoms with Crippen molar-refractivity contribution >= 4 is 20.7 Å². The lowest BCUT2D eigenvalue weighted by molar-refractivity contribution is 0.461. The van der Waals surface area contributed by atoms with Crippen molar-refractivity contribution in [2.24, 2.45) is 0 Å². The van der Waals surface area contributed by atoms with Crippen molar-refractivity contribution in [3.05, 3.63) is 19.3 Å². The Bertz CT molecular complexity index is 363. The maximum Gasteiger partial charge on any atom is 0.320 e. The third-order valence-electron chi connectivity index (χ3n) is 2.49. The molecule has 0 saturated heterocycles. The summed E-state index contributed by atoms with van der Waals surface area (Å²) < 4.78 is 1.39. The number of nitrogens with zero attached hydrogens (tertiary/aromatic N) is 1. The molecule has 0 radical (unpaired) electrons. The van der Waals surface area contributed by atoms with Crippen LogP contribution in [0.3, 0.4) is 0 Å². The summed E-state index contributed by atoms with van der Waals surface area (Å²) in [5.74, 6) is 0. The van der Waals surface area contributed by atoms with Gasteiger partial charge in [0.05, 0.1) is 0 Å². The van der Waals surface area contributed by atoms with E-state index >= 15 is 0 Å². The number of aromatic nitrogens is 1. The van der Waals surface area contributed by atoms with E-state index < -0.39 is 0 Å². The molecule has 1 atom stereocenters. The second-order valence-corrected chi connectivity index (χ2v) is 5.80. The Balaban J connectivity index is 2.50. The van der Waals surface area contributed by atoms with Gasteiger partial charge in [-0.15, -0.1) is 0 Å². The van der Waals surface area contributed by atoms with Crippen LogP contribution in [-0.2, 0) is 0 Å². The SMILES string of the molecule is CCCCCC[C@H](C)n1c(=O)ssc1=O. The van der Waals surface area contributed by atoms with E-state index in [9.17, 15) is 9.59 Å². The van der Waals surface area contributed by atoms with Crippen molar-refractivity contribution in [1.29, 1.82) is 0 Å². The normalized spacial score (nSPS) is 12.9. The Morgan fingerprint density at radius 1 is 1.13 bits per heavy atom. The monoisotopic (exact) mass is 247 g/mol. The van der Waals surface area contributed by atoms with Gasteiger partial charge in [0, 0.05) is 6.04 Å². The first-order valence-electron chi connectivity index (χ1n) is 5.38. The van der Waals surface area contributed by atoms with Crippen molar-refractivity contribution in [2.75, 3.05) is 0 Å². The minimum atomic E-state index is -0.104. The van der Waals surface area contributed by atoms with Crippen molar-refractivity contribution in [1.82, 2.24) is 4.57 Å². The highest BCUT2D eigenvalue weighted by molar-refractivity contribution is 7.67. The van der Waals surface area contributed by atoms with Gasteiger partial charge in [0.25, 0.3) is 0 Å². The van der Waals surface area contributed by atoms with Crippen molar-refractivity contribution in [3.63, 3.8) is 0 Å². The highest BCUT2D eigenvalue weighted by atomic mass is 32.9. The summed E-state index contributed by atoms with van der Waals surface area (Å²) >= 11 is 0. The second kappa shape index (κ2) is 6.23. The Morgan fingerprint density at radius 2 is 1.73 bits per heavy atom. The minimum Gasteiger partial charge on any atom is -0.256 e.